The Morgan fingerprint density at radius 1 is 1.00 bits per heavy atom. The molecule has 138 valence electrons. The highest BCUT2D eigenvalue weighted by molar-refractivity contribution is 5.95. The van der Waals surface area contributed by atoms with E-state index in [1.54, 1.807) is 49.6 Å². The number of carbonyl (C=O) groups is 2. The summed E-state index contributed by atoms with van der Waals surface area (Å²) in [4.78, 5) is 24.1. The Labute approximate surface area is 153 Å². The van der Waals surface area contributed by atoms with Gasteiger partial charge in [-0.3, -0.25) is 9.59 Å². The average molecular weight is 356 g/mol. The zero-order valence-corrected chi connectivity index (χ0v) is 15.2. The number of benzene rings is 2. The van der Waals surface area contributed by atoms with Crippen LogP contribution in [-0.4, -0.2) is 25.5 Å². The molecular formula is C20H24N2O4. The SMILES string of the molecule is CCC(C)C(=O)Nc1cccc(NC(=O)COc2ccccc2OC)c1. The van der Waals surface area contributed by atoms with E-state index in [9.17, 15) is 9.59 Å². The van der Waals surface area contributed by atoms with E-state index < -0.39 is 0 Å². The number of hydrogen-bond donors (Lipinski definition) is 2. The van der Waals surface area contributed by atoms with Crippen molar-refractivity contribution in [1.82, 2.24) is 0 Å². The molecule has 6 heteroatoms. The Bertz CT molecular complexity index is 761. The quantitative estimate of drug-likeness (QED) is 0.756. The molecule has 0 spiro atoms. The lowest BCUT2D eigenvalue weighted by Gasteiger charge is -2.12. The molecular weight excluding hydrogens is 332 g/mol. The maximum atomic E-state index is 12.1. The van der Waals surface area contributed by atoms with Crippen LogP contribution in [-0.2, 0) is 9.59 Å². The maximum absolute atomic E-state index is 12.1. The molecule has 2 N–H and O–H groups in total. The number of rotatable bonds is 8. The van der Waals surface area contributed by atoms with Crippen molar-refractivity contribution in [3.8, 4) is 11.5 Å². The van der Waals surface area contributed by atoms with Gasteiger partial charge in [0, 0.05) is 17.3 Å². The molecule has 0 fully saturated rings. The number of anilines is 2. The van der Waals surface area contributed by atoms with Gasteiger partial charge in [0.1, 0.15) is 0 Å². The normalized spacial score (nSPS) is 11.3. The molecule has 0 bridgehead atoms. The first-order valence-corrected chi connectivity index (χ1v) is 8.50. The van der Waals surface area contributed by atoms with E-state index in [-0.39, 0.29) is 24.3 Å². The topological polar surface area (TPSA) is 76.7 Å². The smallest absolute Gasteiger partial charge is 0.262 e. The molecule has 2 amide bonds. The van der Waals surface area contributed by atoms with Gasteiger partial charge < -0.3 is 20.1 Å². The molecule has 6 nitrogen and oxygen atoms in total. The highest BCUT2D eigenvalue weighted by Crippen LogP contribution is 2.25. The van der Waals surface area contributed by atoms with Gasteiger partial charge >= 0.3 is 0 Å². The summed E-state index contributed by atoms with van der Waals surface area (Å²) in [6, 6.07) is 14.1. The summed E-state index contributed by atoms with van der Waals surface area (Å²) < 4.78 is 10.7. The van der Waals surface area contributed by atoms with Crippen LogP contribution >= 0.6 is 0 Å². The Morgan fingerprint density at radius 2 is 1.65 bits per heavy atom. The zero-order chi connectivity index (χ0) is 18.9. The minimum Gasteiger partial charge on any atom is -0.493 e. The molecule has 1 atom stereocenters. The molecule has 0 aliphatic rings. The van der Waals surface area contributed by atoms with E-state index in [1.165, 1.54) is 0 Å². The number of hydrogen-bond acceptors (Lipinski definition) is 4. The van der Waals surface area contributed by atoms with Crippen molar-refractivity contribution in [2.75, 3.05) is 24.4 Å². The van der Waals surface area contributed by atoms with Crippen molar-refractivity contribution in [3.05, 3.63) is 48.5 Å². The van der Waals surface area contributed by atoms with Crippen molar-refractivity contribution in [2.45, 2.75) is 20.3 Å². The lowest BCUT2D eigenvalue weighted by atomic mass is 10.1. The first-order chi connectivity index (χ1) is 12.5. The van der Waals surface area contributed by atoms with Gasteiger partial charge in [-0.05, 0) is 36.8 Å². The highest BCUT2D eigenvalue weighted by atomic mass is 16.5. The largest absolute Gasteiger partial charge is 0.493 e. The van der Waals surface area contributed by atoms with E-state index >= 15 is 0 Å². The second-order valence-electron chi connectivity index (χ2n) is 5.87. The molecule has 1 unspecified atom stereocenters. The van der Waals surface area contributed by atoms with E-state index in [0.717, 1.165) is 6.42 Å². The van der Waals surface area contributed by atoms with Crippen LogP contribution in [0.5, 0.6) is 11.5 Å². The molecule has 2 aromatic carbocycles. The second-order valence-corrected chi connectivity index (χ2v) is 5.87. The number of ether oxygens (including phenoxy) is 2. The Morgan fingerprint density at radius 3 is 2.31 bits per heavy atom. The predicted octanol–water partition coefficient (Wildman–Crippen LogP) is 3.70. The van der Waals surface area contributed by atoms with Crippen molar-refractivity contribution in [3.63, 3.8) is 0 Å². The van der Waals surface area contributed by atoms with E-state index in [1.807, 2.05) is 19.9 Å². The third-order valence-corrected chi connectivity index (χ3v) is 3.90. The van der Waals surface area contributed by atoms with Crippen LogP contribution in [0.1, 0.15) is 20.3 Å². The average Bonchev–Trinajstić information content (AvgIpc) is 2.66. The lowest BCUT2D eigenvalue weighted by molar-refractivity contribution is -0.119. The Balaban J connectivity index is 1.92. The van der Waals surface area contributed by atoms with Crippen LogP contribution in [0.2, 0.25) is 0 Å². The van der Waals surface area contributed by atoms with Gasteiger partial charge in [0.15, 0.2) is 18.1 Å². The number of carbonyl (C=O) groups excluding carboxylic acids is 2. The summed E-state index contributed by atoms with van der Waals surface area (Å²) in [6.07, 6.45) is 0.766. The van der Waals surface area contributed by atoms with Gasteiger partial charge in [-0.1, -0.05) is 32.0 Å². The van der Waals surface area contributed by atoms with Crippen LogP contribution in [0, 0.1) is 5.92 Å². The fourth-order valence-corrected chi connectivity index (χ4v) is 2.20. The van der Waals surface area contributed by atoms with Gasteiger partial charge in [-0.2, -0.15) is 0 Å². The molecule has 2 aromatic rings. The zero-order valence-electron chi connectivity index (χ0n) is 15.2. The Hall–Kier alpha value is -3.02. The number of amides is 2. The summed E-state index contributed by atoms with van der Waals surface area (Å²) in [5.41, 5.74) is 1.22. The van der Waals surface area contributed by atoms with Crippen LogP contribution in [0.25, 0.3) is 0 Å². The van der Waals surface area contributed by atoms with Crippen molar-refractivity contribution in [2.24, 2.45) is 5.92 Å². The number of nitrogens with one attached hydrogen (secondary N) is 2. The van der Waals surface area contributed by atoms with Crippen molar-refractivity contribution in [1.29, 1.82) is 0 Å². The first-order valence-electron chi connectivity index (χ1n) is 8.50. The number of para-hydroxylation sites is 2. The fourth-order valence-electron chi connectivity index (χ4n) is 2.20. The van der Waals surface area contributed by atoms with Crippen molar-refractivity contribution >= 4 is 23.2 Å². The molecule has 0 aliphatic heterocycles. The van der Waals surface area contributed by atoms with Gasteiger partial charge in [0.05, 0.1) is 7.11 Å². The third-order valence-electron chi connectivity index (χ3n) is 3.90. The lowest BCUT2D eigenvalue weighted by Crippen LogP contribution is -2.21. The van der Waals surface area contributed by atoms with Crippen LogP contribution in [0.4, 0.5) is 11.4 Å². The third kappa shape index (κ3) is 5.51. The molecule has 0 heterocycles. The summed E-state index contributed by atoms with van der Waals surface area (Å²) >= 11 is 0. The van der Waals surface area contributed by atoms with Crippen LogP contribution < -0.4 is 20.1 Å². The minimum absolute atomic E-state index is 0.0458. The van der Waals surface area contributed by atoms with Crippen molar-refractivity contribution < 1.29 is 19.1 Å². The fraction of sp³-hybridized carbons (Fsp3) is 0.300. The van der Waals surface area contributed by atoms with E-state index in [0.29, 0.717) is 22.9 Å². The van der Waals surface area contributed by atoms with E-state index in [2.05, 4.69) is 10.6 Å². The molecule has 0 radical (unpaired) electrons. The van der Waals surface area contributed by atoms with Crippen LogP contribution in [0.3, 0.4) is 0 Å². The molecule has 26 heavy (non-hydrogen) atoms. The Kier molecular flexibility index (Phi) is 7.02. The standard InChI is InChI=1S/C20H24N2O4/c1-4-14(2)20(24)22-16-9-7-8-15(12-16)21-19(23)13-26-18-11-6-5-10-17(18)25-3/h5-12,14H,4,13H2,1-3H3,(H,21,23)(H,22,24). The van der Waals surface area contributed by atoms with Gasteiger partial charge in [-0.15, -0.1) is 0 Å². The van der Waals surface area contributed by atoms with Gasteiger partial charge in [-0.25, -0.2) is 0 Å². The van der Waals surface area contributed by atoms with Gasteiger partial charge in [0.25, 0.3) is 5.91 Å². The summed E-state index contributed by atoms with van der Waals surface area (Å²) in [7, 11) is 1.54. The predicted molar refractivity (Wildman–Crippen MR) is 102 cm³/mol. The van der Waals surface area contributed by atoms with E-state index in [4.69, 9.17) is 9.47 Å². The molecule has 0 saturated heterocycles. The summed E-state index contributed by atoms with van der Waals surface area (Å²) in [5, 5.41) is 5.59. The molecule has 0 saturated carbocycles. The molecule has 0 aromatic heterocycles. The summed E-state index contributed by atoms with van der Waals surface area (Å²) in [5.74, 6) is 0.647. The summed E-state index contributed by atoms with van der Waals surface area (Å²) in [6.45, 7) is 3.68. The maximum Gasteiger partial charge on any atom is 0.262 e. The van der Waals surface area contributed by atoms with Gasteiger partial charge in [0.2, 0.25) is 5.91 Å². The molecule has 2 rings (SSSR count). The number of methoxy groups -OCH3 is 1. The second kappa shape index (κ2) is 9.46. The first kappa shape index (κ1) is 19.3. The minimum atomic E-state index is -0.304. The highest BCUT2D eigenvalue weighted by Gasteiger charge is 2.11. The molecule has 0 aliphatic carbocycles. The van der Waals surface area contributed by atoms with Crippen LogP contribution in [0.15, 0.2) is 48.5 Å². The monoisotopic (exact) mass is 356 g/mol.